The maximum absolute atomic E-state index is 13.4. The molecule has 0 amide bonds. The number of benzene rings is 1. The molecular formula is C21H16ClFN4. The van der Waals surface area contributed by atoms with Crippen molar-refractivity contribution in [1.82, 2.24) is 14.6 Å². The zero-order valence-corrected chi connectivity index (χ0v) is 15.1. The lowest BCUT2D eigenvalue weighted by molar-refractivity contribution is 0.628. The Balaban J connectivity index is 1.66. The molecule has 3 aromatic heterocycles. The minimum Gasteiger partial charge on any atom is -0.367 e. The number of aromatic nitrogens is 3. The lowest BCUT2D eigenvalue weighted by Crippen LogP contribution is -2.02. The molecule has 0 bridgehead atoms. The molecule has 1 aliphatic rings. The predicted molar refractivity (Wildman–Crippen MR) is 105 cm³/mol. The van der Waals surface area contributed by atoms with E-state index in [-0.39, 0.29) is 5.82 Å². The second-order valence-corrected chi connectivity index (χ2v) is 7.19. The van der Waals surface area contributed by atoms with E-state index in [2.05, 4.69) is 10.3 Å². The van der Waals surface area contributed by atoms with Gasteiger partial charge in [0, 0.05) is 35.1 Å². The first-order valence-corrected chi connectivity index (χ1v) is 9.22. The van der Waals surface area contributed by atoms with Crippen molar-refractivity contribution < 1.29 is 4.39 Å². The summed E-state index contributed by atoms with van der Waals surface area (Å²) in [5.41, 5.74) is 4.42. The van der Waals surface area contributed by atoms with Gasteiger partial charge >= 0.3 is 0 Å². The van der Waals surface area contributed by atoms with Crippen LogP contribution in [0, 0.1) is 5.82 Å². The quantitative estimate of drug-likeness (QED) is 0.515. The van der Waals surface area contributed by atoms with Gasteiger partial charge in [0.2, 0.25) is 0 Å². The number of hydrogen-bond acceptors (Lipinski definition) is 3. The summed E-state index contributed by atoms with van der Waals surface area (Å²) in [5, 5.41) is 8.69. The topological polar surface area (TPSA) is 42.2 Å². The number of pyridine rings is 2. The maximum Gasteiger partial charge on any atom is 0.126 e. The van der Waals surface area contributed by atoms with Crippen LogP contribution in [-0.2, 0) is 0 Å². The van der Waals surface area contributed by atoms with Crippen LogP contribution < -0.4 is 5.32 Å². The molecule has 0 spiro atoms. The van der Waals surface area contributed by atoms with Crippen molar-refractivity contribution in [3.63, 3.8) is 0 Å². The number of hydrogen-bond donors (Lipinski definition) is 1. The molecule has 3 heterocycles. The number of nitrogens with zero attached hydrogens (tertiary/aromatic N) is 3. The molecule has 4 nitrogen and oxygen atoms in total. The maximum atomic E-state index is 13.4. The highest BCUT2D eigenvalue weighted by Gasteiger charge is 2.21. The molecule has 0 atom stereocenters. The summed E-state index contributed by atoms with van der Waals surface area (Å²) in [6.45, 7) is 0. The van der Waals surface area contributed by atoms with Crippen LogP contribution in [0.15, 0.2) is 60.9 Å². The number of halogens is 2. The van der Waals surface area contributed by atoms with Crippen molar-refractivity contribution in [2.24, 2.45) is 0 Å². The molecule has 4 aromatic rings. The van der Waals surface area contributed by atoms with E-state index in [1.54, 1.807) is 22.8 Å². The van der Waals surface area contributed by atoms with Crippen LogP contribution in [0.4, 0.5) is 10.2 Å². The molecule has 1 fully saturated rings. The van der Waals surface area contributed by atoms with Crippen molar-refractivity contribution in [1.29, 1.82) is 0 Å². The fourth-order valence-corrected chi connectivity index (χ4v) is 3.34. The molecule has 1 aliphatic carbocycles. The highest BCUT2D eigenvalue weighted by molar-refractivity contribution is 6.30. The van der Waals surface area contributed by atoms with Crippen molar-refractivity contribution in [2.45, 2.75) is 18.9 Å². The van der Waals surface area contributed by atoms with Gasteiger partial charge in [-0.2, -0.15) is 5.10 Å². The number of fused-ring (bicyclic) bond motifs is 1. The third-order valence-corrected chi connectivity index (χ3v) is 4.92. The first kappa shape index (κ1) is 16.3. The summed E-state index contributed by atoms with van der Waals surface area (Å²) < 4.78 is 15.1. The van der Waals surface area contributed by atoms with E-state index < -0.39 is 0 Å². The summed E-state index contributed by atoms with van der Waals surface area (Å²) in [5.74, 6) is 0.605. The van der Waals surface area contributed by atoms with Crippen LogP contribution in [-0.4, -0.2) is 20.6 Å². The van der Waals surface area contributed by atoms with E-state index in [1.807, 2.05) is 30.5 Å². The van der Waals surface area contributed by atoms with Crippen LogP contribution in [0.25, 0.3) is 27.9 Å². The van der Waals surface area contributed by atoms with Gasteiger partial charge in [0.05, 0.1) is 10.5 Å². The Labute approximate surface area is 160 Å². The first-order chi connectivity index (χ1) is 13.2. The minimum absolute atomic E-state index is 0.274. The van der Waals surface area contributed by atoms with Gasteiger partial charge in [0.15, 0.2) is 0 Å². The van der Waals surface area contributed by atoms with Gasteiger partial charge in [-0.25, -0.2) is 13.9 Å². The molecule has 1 aromatic carbocycles. The highest BCUT2D eigenvalue weighted by Crippen LogP contribution is 2.36. The van der Waals surface area contributed by atoms with Gasteiger partial charge < -0.3 is 5.32 Å². The molecule has 0 aliphatic heterocycles. The Morgan fingerprint density at radius 2 is 1.78 bits per heavy atom. The standard InChI is InChI=1S/C21H16ClFN4/c22-15-4-9-18-20(14-3-10-19(24-11-14)25-17-7-8-17)21(26-27(18)12-15)13-1-5-16(23)6-2-13/h1-6,9-12,17H,7-8H2,(H,24,25). The zero-order chi connectivity index (χ0) is 18.4. The Morgan fingerprint density at radius 3 is 2.48 bits per heavy atom. The first-order valence-electron chi connectivity index (χ1n) is 8.84. The van der Waals surface area contributed by atoms with Crippen LogP contribution in [0.1, 0.15) is 12.8 Å². The normalized spacial score (nSPS) is 13.9. The Bertz CT molecular complexity index is 1120. The highest BCUT2D eigenvalue weighted by atomic mass is 35.5. The van der Waals surface area contributed by atoms with Gasteiger partial charge in [0.25, 0.3) is 0 Å². The van der Waals surface area contributed by atoms with Crippen LogP contribution in [0.3, 0.4) is 0 Å². The van der Waals surface area contributed by atoms with Crippen LogP contribution in [0.2, 0.25) is 5.02 Å². The van der Waals surface area contributed by atoms with E-state index in [9.17, 15) is 4.39 Å². The monoisotopic (exact) mass is 378 g/mol. The molecule has 0 radical (unpaired) electrons. The van der Waals surface area contributed by atoms with Crippen molar-refractivity contribution in [3.8, 4) is 22.4 Å². The largest absolute Gasteiger partial charge is 0.367 e. The summed E-state index contributed by atoms with van der Waals surface area (Å²) in [7, 11) is 0. The van der Waals surface area contributed by atoms with Gasteiger partial charge in [-0.15, -0.1) is 0 Å². The molecule has 1 N–H and O–H groups in total. The summed E-state index contributed by atoms with van der Waals surface area (Å²) in [6.07, 6.45) is 6.02. The van der Waals surface area contributed by atoms with E-state index in [0.29, 0.717) is 11.1 Å². The average molecular weight is 379 g/mol. The van der Waals surface area contributed by atoms with E-state index in [1.165, 1.54) is 25.0 Å². The van der Waals surface area contributed by atoms with Crippen LogP contribution in [0.5, 0.6) is 0 Å². The summed E-state index contributed by atoms with van der Waals surface area (Å²) in [6, 6.07) is 14.7. The smallest absolute Gasteiger partial charge is 0.126 e. The zero-order valence-electron chi connectivity index (χ0n) is 14.4. The Morgan fingerprint density at radius 1 is 1.00 bits per heavy atom. The van der Waals surface area contributed by atoms with Crippen molar-refractivity contribution in [3.05, 3.63) is 71.8 Å². The number of rotatable bonds is 4. The van der Waals surface area contributed by atoms with Gasteiger partial charge in [-0.3, -0.25) is 0 Å². The fourth-order valence-electron chi connectivity index (χ4n) is 3.18. The molecule has 6 heteroatoms. The summed E-state index contributed by atoms with van der Waals surface area (Å²) >= 11 is 6.14. The third kappa shape index (κ3) is 3.15. The van der Waals surface area contributed by atoms with E-state index in [0.717, 1.165) is 33.7 Å². The summed E-state index contributed by atoms with van der Waals surface area (Å²) in [4.78, 5) is 4.55. The lowest BCUT2D eigenvalue weighted by Gasteiger charge is -2.07. The Hall–Kier alpha value is -2.92. The molecule has 5 rings (SSSR count). The lowest BCUT2D eigenvalue weighted by atomic mass is 10.0. The van der Waals surface area contributed by atoms with Crippen molar-refractivity contribution >= 4 is 22.9 Å². The second-order valence-electron chi connectivity index (χ2n) is 6.76. The molecular weight excluding hydrogens is 363 g/mol. The second kappa shape index (κ2) is 6.35. The predicted octanol–water partition coefficient (Wildman–Crippen LogP) is 5.43. The Kier molecular flexibility index (Phi) is 3.83. The van der Waals surface area contributed by atoms with Gasteiger partial charge in [-0.1, -0.05) is 11.6 Å². The molecule has 27 heavy (non-hydrogen) atoms. The third-order valence-electron chi connectivity index (χ3n) is 4.69. The number of nitrogens with one attached hydrogen (secondary N) is 1. The van der Waals surface area contributed by atoms with Gasteiger partial charge in [-0.05, 0) is 61.4 Å². The van der Waals surface area contributed by atoms with E-state index in [4.69, 9.17) is 16.7 Å². The number of anilines is 1. The average Bonchev–Trinajstić information content (AvgIpc) is 3.41. The molecule has 0 unspecified atom stereocenters. The molecule has 0 saturated heterocycles. The SMILES string of the molecule is Fc1ccc(-c2nn3cc(Cl)ccc3c2-c2ccc(NC3CC3)nc2)cc1. The fraction of sp³-hybridized carbons (Fsp3) is 0.143. The minimum atomic E-state index is -0.274. The van der Waals surface area contributed by atoms with Crippen LogP contribution >= 0.6 is 11.6 Å². The van der Waals surface area contributed by atoms with Gasteiger partial charge in [0.1, 0.15) is 17.3 Å². The molecule has 1 saturated carbocycles. The van der Waals surface area contributed by atoms with Crippen molar-refractivity contribution in [2.75, 3.05) is 5.32 Å². The van der Waals surface area contributed by atoms with E-state index >= 15 is 0 Å². The molecule has 134 valence electrons.